The first kappa shape index (κ1) is 12.8. The fraction of sp³-hybridized carbons (Fsp3) is 0.0625. The lowest BCUT2D eigenvalue weighted by atomic mass is 10.1. The van der Waals surface area contributed by atoms with E-state index in [4.69, 9.17) is 16.3 Å². The summed E-state index contributed by atoms with van der Waals surface area (Å²) in [6.07, 6.45) is 3.82. The summed E-state index contributed by atoms with van der Waals surface area (Å²) >= 11 is 5.90. The first-order valence-electron chi connectivity index (χ1n) is 6.21. The van der Waals surface area contributed by atoms with Gasteiger partial charge < -0.3 is 4.74 Å². The van der Waals surface area contributed by atoms with E-state index < -0.39 is 0 Å². The number of halogens is 1. The summed E-state index contributed by atoms with van der Waals surface area (Å²) in [5.41, 5.74) is 3.09. The SMILES string of the molecule is COc1cccc(-n2cc(-c3ccc(Cl)cc3)cn2)c1. The monoisotopic (exact) mass is 284 g/mol. The first-order valence-corrected chi connectivity index (χ1v) is 6.59. The molecule has 4 heteroatoms. The number of ether oxygens (including phenoxy) is 1. The highest BCUT2D eigenvalue weighted by Crippen LogP contribution is 2.23. The Bertz CT molecular complexity index is 719. The maximum Gasteiger partial charge on any atom is 0.121 e. The van der Waals surface area contributed by atoms with Crippen molar-refractivity contribution >= 4 is 11.6 Å². The van der Waals surface area contributed by atoms with E-state index in [1.807, 2.05) is 65.6 Å². The standard InChI is InChI=1S/C16H13ClN2O/c1-20-16-4-2-3-15(9-16)19-11-13(10-18-19)12-5-7-14(17)8-6-12/h2-11H,1H3. The van der Waals surface area contributed by atoms with Crippen molar-refractivity contribution < 1.29 is 4.74 Å². The average molecular weight is 285 g/mol. The van der Waals surface area contributed by atoms with E-state index in [0.29, 0.717) is 0 Å². The van der Waals surface area contributed by atoms with Crippen LogP contribution in [0, 0.1) is 0 Å². The highest BCUT2D eigenvalue weighted by Gasteiger charge is 2.04. The number of benzene rings is 2. The molecular formula is C16H13ClN2O. The van der Waals surface area contributed by atoms with Crippen LogP contribution < -0.4 is 4.74 Å². The highest BCUT2D eigenvalue weighted by atomic mass is 35.5. The average Bonchev–Trinajstić information content (AvgIpc) is 2.98. The van der Waals surface area contributed by atoms with Crippen molar-refractivity contribution in [2.75, 3.05) is 7.11 Å². The topological polar surface area (TPSA) is 27.1 Å². The molecule has 0 saturated carbocycles. The van der Waals surface area contributed by atoms with Gasteiger partial charge in [-0.3, -0.25) is 0 Å². The lowest BCUT2D eigenvalue weighted by molar-refractivity contribution is 0.414. The van der Waals surface area contributed by atoms with Crippen LogP contribution in [0.3, 0.4) is 0 Å². The van der Waals surface area contributed by atoms with Crippen LogP contribution in [0.5, 0.6) is 5.75 Å². The molecule has 3 rings (SSSR count). The number of rotatable bonds is 3. The van der Waals surface area contributed by atoms with Gasteiger partial charge in [0.2, 0.25) is 0 Å². The smallest absolute Gasteiger partial charge is 0.121 e. The van der Waals surface area contributed by atoms with Crippen LogP contribution in [0.15, 0.2) is 60.9 Å². The van der Waals surface area contributed by atoms with E-state index in [-0.39, 0.29) is 0 Å². The van der Waals surface area contributed by atoms with E-state index in [2.05, 4.69) is 5.10 Å². The second-order valence-corrected chi connectivity index (χ2v) is 4.82. The molecule has 0 spiro atoms. The second-order valence-electron chi connectivity index (χ2n) is 4.38. The Morgan fingerprint density at radius 1 is 1.05 bits per heavy atom. The summed E-state index contributed by atoms with van der Waals surface area (Å²) in [4.78, 5) is 0. The Labute approximate surface area is 122 Å². The van der Waals surface area contributed by atoms with E-state index in [9.17, 15) is 0 Å². The van der Waals surface area contributed by atoms with Gasteiger partial charge in [-0.05, 0) is 29.8 Å². The summed E-state index contributed by atoms with van der Waals surface area (Å²) < 4.78 is 7.05. The van der Waals surface area contributed by atoms with Crippen molar-refractivity contribution in [1.82, 2.24) is 9.78 Å². The Kier molecular flexibility index (Phi) is 3.44. The lowest BCUT2D eigenvalue weighted by Gasteiger charge is -2.04. The van der Waals surface area contributed by atoms with Crippen LogP contribution in [-0.2, 0) is 0 Å². The van der Waals surface area contributed by atoms with Crippen LogP contribution in [-0.4, -0.2) is 16.9 Å². The zero-order valence-electron chi connectivity index (χ0n) is 11.0. The molecule has 0 aliphatic heterocycles. The van der Waals surface area contributed by atoms with Gasteiger partial charge in [-0.15, -0.1) is 0 Å². The quantitative estimate of drug-likeness (QED) is 0.721. The van der Waals surface area contributed by atoms with Gasteiger partial charge in [-0.2, -0.15) is 5.10 Å². The molecule has 20 heavy (non-hydrogen) atoms. The van der Waals surface area contributed by atoms with Gasteiger partial charge in [0, 0.05) is 22.8 Å². The van der Waals surface area contributed by atoms with Gasteiger partial charge in [0.15, 0.2) is 0 Å². The number of aromatic nitrogens is 2. The van der Waals surface area contributed by atoms with Crippen LogP contribution in [0.25, 0.3) is 16.8 Å². The molecule has 1 heterocycles. The Hall–Kier alpha value is -2.26. The maximum atomic E-state index is 5.90. The zero-order valence-corrected chi connectivity index (χ0v) is 11.7. The molecular weight excluding hydrogens is 272 g/mol. The molecule has 2 aromatic carbocycles. The normalized spacial score (nSPS) is 10.5. The molecule has 3 aromatic rings. The Balaban J connectivity index is 1.95. The summed E-state index contributed by atoms with van der Waals surface area (Å²) in [5.74, 6) is 0.811. The fourth-order valence-corrected chi connectivity index (χ4v) is 2.13. The third-order valence-electron chi connectivity index (χ3n) is 3.08. The molecule has 0 atom stereocenters. The molecule has 1 aromatic heterocycles. The summed E-state index contributed by atoms with van der Waals surface area (Å²) in [6.45, 7) is 0. The van der Waals surface area contributed by atoms with Gasteiger partial charge in [0.05, 0.1) is 19.0 Å². The van der Waals surface area contributed by atoms with E-state index in [0.717, 1.165) is 27.6 Å². The molecule has 0 aliphatic carbocycles. The molecule has 0 amide bonds. The van der Waals surface area contributed by atoms with Crippen LogP contribution >= 0.6 is 11.6 Å². The molecule has 0 aliphatic rings. The molecule has 0 N–H and O–H groups in total. The fourth-order valence-electron chi connectivity index (χ4n) is 2.01. The largest absolute Gasteiger partial charge is 0.497 e. The van der Waals surface area contributed by atoms with Crippen molar-refractivity contribution in [3.05, 3.63) is 65.9 Å². The van der Waals surface area contributed by atoms with Crippen LogP contribution in [0.2, 0.25) is 5.02 Å². The number of methoxy groups -OCH3 is 1. The van der Waals surface area contributed by atoms with Gasteiger partial charge in [0.25, 0.3) is 0 Å². The molecule has 0 saturated heterocycles. The predicted octanol–water partition coefficient (Wildman–Crippen LogP) is 4.20. The minimum absolute atomic E-state index is 0.730. The highest BCUT2D eigenvalue weighted by molar-refractivity contribution is 6.30. The number of hydrogen-bond acceptors (Lipinski definition) is 2. The third kappa shape index (κ3) is 2.53. The van der Waals surface area contributed by atoms with Crippen molar-refractivity contribution in [3.63, 3.8) is 0 Å². The maximum absolute atomic E-state index is 5.90. The Morgan fingerprint density at radius 2 is 1.85 bits per heavy atom. The van der Waals surface area contributed by atoms with E-state index in [1.54, 1.807) is 7.11 Å². The molecule has 0 fully saturated rings. The van der Waals surface area contributed by atoms with Gasteiger partial charge in [-0.1, -0.05) is 29.8 Å². The Morgan fingerprint density at radius 3 is 2.60 bits per heavy atom. The van der Waals surface area contributed by atoms with E-state index in [1.165, 1.54) is 0 Å². The van der Waals surface area contributed by atoms with Gasteiger partial charge in [0.1, 0.15) is 5.75 Å². The van der Waals surface area contributed by atoms with E-state index >= 15 is 0 Å². The number of hydrogen-bond donors (Lipinski definition) is 0. The predicted molar refractivity (Wildman–Crippen MR) is 80.6 cm³/mol. The molecule has 0 bridgehead atoms. The first-order chi connectivity index (χ1) is 9.76. The summed E-state index contributed by atoms with van der Waals surface area (Å²) in [7, 11) is 1.65. The minimum Gasteiger partial charge on any atom is -0.497 e. The number of nitrogens with zero attached hydrogens (tertiary/aromatic N) is 2. The van der Waals surface area contributed by atoms with Crippen LogP contribution in [0.4, 0.5) is 0 Å². The van der Waals surface area contributed by atoms with Crippen molar-refractivity contribution in [2.45, 2.75) is 0 Å². The van der Waals surface area contributed by atoms with Crippen molar-refractivity contribution in [1.29, 1.82) is 0 Å². The van der Waals surface area contributed by atoms with Crippen molar-refractivity contribution in [2.24, 2.45) is 0 Å². The zero-order chi connectivity index (χ0) is 13.9. The van der Waals surface area contributed by atoms with Crippen LogP contribution in [0.1, 0.15) is 0 Å². The molecule has 0 unspecified atom stereocenters. The summed E-state index contributed by atoms with van der Waals surface area (Å²) in [6, 6.07) is 15.5. The van der Waals surface area contributed by atoms with Gasteiger partial charge >= 0.3 is 0 Å². The minimum atomic E-state index is 0.730. The molecule has 3 nitrogen and oxygen atoms in total. The second kappa shape index (κ2) is 5.39. The van der Waals surface area contributed by atoms with Crippen molar-refractivity contribution in [3.8, 4) is 22.6 Å². The molecule has 100 valence electrons. The summed E-state index contributed by atoms with van der Waals surface area (Å²) in [5, 5.41) is 5.12. The van der Waals surface area contributed by atoms with Gasteiger partial charge in [-0.25, -0.2) is 4.68 Å². The third-order valence-corrected chi connectivity index (χ3v) is 3.33. The lowest BCUT2D eigenvalue weighted by Crippen LogP contribution is -1.94. The molecule has 0 radical (unpaired) electrons.